The van der Waals surface area contributed by atoms with Crippen LogP contribution < -0.4 is 4.74 Å². The number of benzene rings is 2. The number of hydrogen-bond acceptors (Lipinski definition) is 4. The van der Waals surface area contributed by atoms with Gasteiger partial charge in [0.1, 0.15) is 6.61 Å². The number of amidine groups is 1. The molecule has 1 fully saturated rings. The van der Waals surface area contributed by atoms with E-state index in [0.717, 1.165) is 5.56 Å². The van der Waals surface area contributed by atoms with Crippen LogP contribution in [0.5, 0.6) is 5.75 Å². The number of carbonyl (C=O) groups excluding carboxylic acids is 1. The number of carbonyl (C=O) groups is 1. The molecule has 1 heterocycles. The number of ether oxygens (including phenoxy) is 1. The second-order valence-electron chi connectivity index (χ2n) is 5.83. The number of nitrogens with zero attached hydrogens (tertiary/aromatic N) is 2. The Bertz CT molecular complexity index is 984. The fraction of sp³-hybridized carbons (Fsp3) is 0.158. The van der Waals surface area contributed by atoms with Crippen molar-refractivity contribution in [3.05, 3.63) is 66.5 Å². The van der Waals surface area contributed by atoms with Crippen LogP contribution in [-0.4, -0.2) is 30.1 Å². The summed E-state index contributed by atoms with van der Waals surface area (Å²) < 4.78 is 5.76. The van der Waals surface area contributed by atoms with Crippen LogP contribution in [0.4, 0.5) is 0 Å². The highest BCUT2D eigenvalue weighted by atomic mass is 35.5. The van der Waals surface area contributed by atoms with E-state index in [9.17, 15) is 4.79 Å². The molecule has 0 spiro atoms. The van der Waals surface area contributed by atoms with E-state index in [1.807, 2.05) is 0 Å². The first-order chi connectivity index (χ1) is 13.3. The Hall–Kier alpha value is -1.37. The molecule has 1 saturated heterocycles. The van der Waals surface area contributed by atoms with Crippen molar-refractivity contribution in [2.45, 2.75) is 6.61 Å². The van der Waals surface area contributed by atoms with Crippen molar-refractivity contribution in [1.82, 2.24) is 4.90 Å². The summed E-state index contributed by atoms with van der Waals surface area (Å²) in [7, 11) is 3.32. The highest BCUT2D eigenvalue weighted by molar-refractivity contribution is 8.18. The van der Waals surface area contributed by atoms with Crippen molar-refractivity contribution in [2.24, 2.45) is 4.99 Å². The summed E-state index contributed by atoms with van der Waals surface area (Å²) in [4.78, 5) is 18.4. The number of halogens is 4. The van der Waals surface area contributed by atoms with E-state index < -0.39 is 0 Å². The molecule has 0 atom stereocenters. The minimum atomic E-state index is -0.127. The monoisotopic (exact) mass is 474 g/mol. The van der Waals surface area contributed by atoms with Crippen LogP contribution in [0.3, 0.4) is 0 Å². The van der Waals surface area contributed by atoms with E-state index >= 15 is 0 Å². The smallest absolute Gasteiger partial charge is 0.266 e. The lowest BCUT2D eigenvalue weighted by Gasteiger charge is -2.11. The first-order valence-electron chi connectivity index (χ1n) is 8.00. The van der Waals surface area contributed by atoms with Gasteiger partial charge in [-0.05, 0) is 53.2 Å². The van der Waals surface area contributed by atoms with Gasteiger partial charge in [0, 0.05) is 14.1 Å². The lowest BCUT2D eigenvalue weighted by atomic mass is 10.2. The van der Waals surface area contributed by atoms with Gasteiger partial charge in [0.2, 0.25) is 0 Å². The number of likely N-dealkylation sites (N-methyl/N-ethyl adjacent to an activating group) is 1. The fourth-order valence-corrected chi connectivity index (χ4v) is 4.35. The molecule has 3 rings (SSSR count). The molecule has 0 aliphatic carbocycles. The van der Waals surface area contributed by atoms with E-state index in [-0.39, 0.29) is 12.5 Å². The number of rotatable bonds is 4. The molecular formula is C19H14Cl4N2O2S. The van der Waals surface area contributed by atoms with Crippen molar-refractivity contribution < 1.29 is 9.53 Å². The van der Waals surface area contributed by atoms with Crippen LogP contribution in [0.2, 0.25) is 20.1 Å². The Kier molecular flexibility index (Phi) is 6.84. The zero-order valence-corrected chi connectivity index (χ0v) is 18.6. The van der Waals surface area contributed by atoms with Crippen molar-refractivity contribution in [3.8, 4) is 5.75 Å². The molecule has 0 aromatic heterocycles. The maximum Gasteiger partial charge on any atom is 0.266 e. The summed E-state index contributed by atoms with van der Waals surface area (Å²) in [5, 5.41) is 2.23. The molecule has 28 heavy (non-hydrogen) atoms. The lowest BCUT2D eigenvalue weighted by Crippen LogP contribution is -2.23. The lowest BCUT2D eigenvalue weighted by molar-refractivity contribution is -0.121. The number of hydrogen-bond donors (Lipinski definition) is 0. The van der Waals surface area contributed by atoms with E-state index in [2.05, 4.69) is 4.99 Å². The highest BCUT2D eigenvalue weighted by Crippen LogP contribution is 2.37. The van der Waals surface area contributed by atoms with Crippen LogP contribution in [0.15, 0.2) is 40.2 Å². The summed E-state index contributed by atoms with van der Waals surface area (Å²) >= 11 is 25.9. The molecular weight excluding hydrogens is 462 g/mol. The third-order valence-corrected chi connectivity index (χ3v) is 6.33. The van der Waals surface area contributed by atoms with Gasteiger partial charge < -0.3 is 4.74 Å². The predicted octanol–water partition coefficient (Wildman–Crippen LogP) is 6.41. The van der Waals surface area contributed by atoms with Crippen LogP contribution in [0.1, 0.15) is 11.1 Å². The molecule has 9 heteroatoms. The van der Waals surface area contributed by atoms with E-state index in [1.165, 1.54) is 16.7 Å². The molecule has 1 aliphatic rings. The Labute approximate surface area is 187 Å². The quantitative estimate of drug-likeness (QED) is 0.479. The van der Waals surface area contributed by atoms with Crippen molar-refractivity contribution in [3.63, 3.8) is 0 Å². The molecule has 0 unspecified atom stereocenters. The molecule has 0 saturated carbocycles. The third-order valence-electron chi connectivity index (χ3n) is 3.88. The first kappa shape index (κ1) is 21.3. The summed E-state index contributed by atoms with van der Waals surface area (Å²) in [6.45, 7) is 0.228. The normalized spacial score (nSPS) is 17.1. The van der Waals surface area contributed by atoms with Crippen LogP contribution in [-0.2, 0) is 11.4 Å². The van der Waals surface area contributed by atoms with E-state index in [0.29, 0.717) is 41.5 Å². The zero-order chi connectivity index (χ0) is 20.4. The van der Waals surface area contributed by atoms with Crippen molar-refractivity contribution in [1.29, 1.82) is 0 Å². The van der Waals surface area contributed by atoms with Gasteiger partial charge in [0.25, 0.3) is 5.91 Å². The summed E-state index contributed by atoms with van der Waals surface area (Å²) in [6.07, 6.45) is 1.72. The molecule has 0 N–H and O–H groups in total. The van der Waals surface area contributed by atoms with Gasteiger partial charge in [0.15, 0.2) is 10.9 Å². The summed E-state index contributed by atoms with van der Waals surface area (Å²) in [5.41, 5.74) is 1.52. The van der Waals surface area contributed by atoms with Gasteiger partial charge in [-0.3, -0.25) is 14.7 Å². The fourth-order valence-electron chi connectivity index (χ4n) is 2.49. The molecule has 0 bridgehead atoms. The highest BCUT2D eigenvalue weighted by Gasteiger charge is 2.29. The number of amides is 1. The molecule has 4 nitrogen and oxygen atoms in total. The Balaban J connectivity index is 1.80. The van der Waals surface area contributed by atoms with Crippen molar-refractivity contribution in [2.75, 3.05) is 14.1 Å². The number of thioether (sulfide) groups is 1. The molecule has 146 valence electrons. The van der Waals surface area contributed by atoms with Gasteiger partial charge in [-0.25, -0.2) is 0 Å². The van der Waals surface area contributed by atoms with Gasteiger partial charge in [-0.15, -0.1) is 0 Å². The van der Waals surface area contributed by atoms with Gasteiger partial charge in [0.05, 0.1) is 25.0 Å². The molecule has 1 amide bonds. The standard InChI is InChI=1S/C19H14Cl4N2O2S/c1-24-19-25(2)18(26)16(28-19)8-11-6-14(22)17(15(23)7-11)27-9-10-3-4-12(20)13(21)5-10/h3-8H,9H2,1-2H3/b16-8+,24-19?. The van der Waals surface area contributed by atoms with E-state index in [1.54, 1.807) is 50.5 Å². The topological polar surface area (TPSA) is 41.9 Å². The van der Waals surface area contributed by atoms with Crippen molar-refractivity contribution >= 4 is 75.3 Å². The molecule has 0 radical (unpaired) electrons. The second-order valence-corrected chi connectivity index (χ2v) is 8.47. The van der Waals surface area contributed by atoms with Gasteiger partial charge in [-0.1, -0.05) is 52.5 Å². The molecule has 1 aliphatic heterocycles. The molecule has 2 aromatic carbocycles. The molecule has 2 aromatic rings. The Morgan fingerprint density at radius 1 is 1.07 bits per heavy atom. The zero-order valence-electron chi connectivity index (χ0n) is 14.8. The van der Waals surface area contributed by atoms with Crippen LogP contribution >= 0.6 is 58.2 Å². The summed E-state index contributed by atoms with van der Waals surface area (Å²) in [6, 6.07) is 8.61. The Morgan fingerprint density at radius 2 is 1.75 bits per heavy atom. The van der Waals surface area contributed by atoms with Crippen LogP contribution in [0, 0.1) is 0 Å². The third kappa shape index (κ3) is 4.61. The maximum atomic E-state index is 12.3. The van der Waals surface area contributed by atoms with Gasteiger partial charge in [-0.2, -0.15) is 0 Å². The SMILES string of the molecule is CN=C1S/C(=C/c2cc(Cl)c(OCc3ccc(Cl)c(Cl)c3)c(Cl)c2)C(=O)N1C. The average molecular weight is 476 g/mol. The minimum absolute atomic E-state index is 0.127. The first-order valence-corrected chi connectivity index (χ1v) is 10.3. The van der Waals surface area contributed by atoms with Crippen LogP contribution in [0.25, 0.3) is 6.08 Å². The number of aliphatic imine (C=N–C) groups is 1. The maximum absolute atomic E-state index is 12.3. The summed E-state index contributed by atoms with van der Waals surface area (Å²) in [5.74, 6) is 0.229. The predicted molar refractivity (Wildman–Crippen MR) is 119 cm³/mol. The average Bonchev–Trinajstić information content (AvgIpc) is 2.91. The minimum Gasteiger partial charge on any atom is -0.486 e. The van der Waals surface area contributed by atoms with E-state index in [4.69, 9.17) is 51.1 Å². The van der Waals surface area contributed by atoms with Gasteiger partial charge >= 0.3 is 0 Å². The second kappa shape index (κ2) is 8.97. The largest absolute Gasteiger partial charge is 0.486 e. The Morgan fingerprint density at radius 3 is 2.32 bits per heavy atom.